The average molecular weight is 328 g/mol. The van der Waals surface area contributed by atoms with Crippen molar-refractivity contribution in [1.82, 2.24) is 14.8 Å². The molecule has 0 bridgehead atoms. The van der Waals surface area contributed by atoms with Crippen LogP contribution in [0.1, 0.15) is 38.3 Å². The SMILES string of the molecule is CC(C)c1cc(NC(=O)CCCn2c(=O)oc3ccccc32)n[nH]1. The second-order valence-corrected chi connectivity index (χ2v) is 6.00. The summed E-state index contributed by atoms with van der Waals surface area (Å²) in [5, 5.41) is 9.71. The normalized spacial score (nSPS) is 11.3. The van der Waals surface area contributed by atoms with Crippen molar-refractivity contribution in [2.75, 3.05) is 5.32 Å². The summed E-state index contributed by atoms with van der Waals surface area (Å²) in [7, 11) is 0. The number of aromatic amines is 1. The van der Waals surface area contributed by atoms with Crippen LogP contribution in [0, 0.1) is 0 Å². The fourth-order valence-electron chi connectivity index (χ4n) is 2.53. The Bertz CT molecular complexity index is 904. The second kappa shape index (κ2) is 6.74. The number of carbonyl (C=O) groups is 1. The van der Waals surface area contributed by atoms with Gasteiger partial charge in [-0.1, -0.05) is 26.0 Å². The predicted molar refractivity (Wildman–Crippen MR) is 91.0 cm³/mol. The molecule has 0 aliphatic rings. The van der Waals surface area contributed by atoms with Crippen LogP contribution in [0.2, 0.25) is 0 Å². The molecule has 7 nitrogen and oxygen atoms in total. The number of hydrogen-bond acceptors (Lipinski definition) is 4. The van der Waals surface area contributed by atoms with Crippen molar-refractivity contribution in [3.05, 3.63) is 46.6 Å². The molecule has 1 amide bonds. The Morgan fingerprint density at radius 1 is 1.38 bits per heavy atom. The van der Waals surface area contributed by atoms with Crippen LogP contribution in [-0.4, -0.2) is 20.7 Å². The summed E-state index contributed by atoms with van der Waals surface area (Å²) in [6.45, 7) is 4.53. The van der Waals surface area contributed by atoms with Crippen molar-refractivity contribution in [3.63, 3.8) is 0 Å². The van der Waals surface area contributed by atoms with E-state index < -0.39 is 5.76 Å². The minimum absolute atomic E-state index is 0.127. The number of carbonyl (C=O) groups excluding carboxylic acids is 1. The van der Waals surface area contributed by atoms with Gasteiger partial charge in [0, 0.05) is 24.7 Å². The highest BCUT2D eigenvalue weighted by atomic mass is 16.4. The summed E-state index contributed by atoms with van der Waals surface area (Å²) >= 11 is 0. The van der Waals surface area contributed by atoms with Crippen LogP contribution in [0.25, 0.3) is 11.1 Å². The number of oxazole rings is 1. The second-order valence-electron chi connectivity index (χ2n) is 6.00. The van der Waals surface area contributed by atoms with Gasteiger partial charge in [-0.05, 0) is 24.5 Å². The first kappa shape index (κ1) is 16.0. The molecular weight excluding hydrogens is 308 g/mol. The Morgan fingerprint density at radius 3 is 2.92 bits per heavy atom. The predicted octanol–water partition coefficient (Wildman–Crippen LogP) is 2.86. The first-order valence-electron chi connectivity index (χ1n) is 7.98. The molecule has 2 heterocycles. The Balaban J connectivity index is 1.56. The van der Waals surface area contributed by atoms with Crippen molar-refractivity contribution >= 4 is 22.8 Å². The van der Waals surface area contributed by atoms with Crippen LogP contribution in [0.4, 0.5) is 5.82 Å². The van der Waals surface area contributed by atoms with E-state index in [1.807, 2.05) is 38.1 Å². The highest BCUT2D eigenvalue weighted by Crippen LogP contribution is 2.15. The summed E-state index contributed by atoms with van der Waals surface area (Å²) in [5.41, 5.74) is 2.28. The number of para-hydroxylation sites is 2. The topological polar surface area (TPSA) is 92.9 Å². The smallest absolute Gasteiger partial charge is 0.408 e. The van der Waals surface area contributed by atoms with E-state index in [2.05, 4.69) is 15.5 Å². The van der Waals surface area contributed by atoms with Crippen molar-refractivity contribution in [2.45, 2.75) is 39.2 Å². The van der Waals surface area contributed by atoms with Gasteiger partial charge in [0.2, 0.25) is 5.91 Å². The molecule has 3 aromatic rings. The largest absolute Gasteiger partial charge is 0.419 e. The first-order valence-corrected chi connectivity index (χ1v) is 7.98. The van der Waals surface area contributed by atoms with Gasteiger partial charge in [0.15, 0.2) is 11.4 Å². The molecule has 1 aromatic carbocycles. The van der Waals surface area contributed by atoms with Gasteiger partial charge in [-0.3, -0.25) is 14.5 Å². The van der Waals surface area contributed by atoms with Crippen molar-refractivity contribution in [1.29, 1.82) is 0 Å². The lowest BCUT2D eigenvalue weighted by Crippen LogP contribution is -2.17. The third-order valence-electron chi connectivity index (χ3n) is 3.85. The Kier molecular flexibility index (Phi) is 4.50. The number of rotatable bonds is 6. The van der Waals surface area contributed by atoms with E-state index in [4.69, 9.17) is 4.42 Å². The van der Waals surface area contributed by atoms with Crippen LogP contribution in [0.3, 0.4) is 0 Å². The van der Waals surface area contributed by atoms with E-state index in [0.717, 1.165) is 11.2 Å². The molecule has 126 valence electrons. The Labute approximate surface area is 138 Å². The zero-order valence-corrected chi connectivity index (χ0v) is 13.7. The molecule has 0 fully saturated rings. The van der Waals surface area contributed by atoms with E-state index in [1.165, 1.54) is 0 Å². The summed E-state index contributed by atoms with van der Waals surface area (Å²) in [6.07, 6.45) is 0.840. The van der Waals surface area contributed by atoms with Crippen LogP contribution >= 0.6 is 0 Å². The number of amides is 1. The minimum atomic E-state index is -0.398. The highest BCUT2D eigenvalue weighted by molar-refractivity contribution is 5.89. The quantitative estimate of drug-likeness (QED) is 0.727. The van der Waals surface area contributed by atoms with E-state index in [-0.39, 0.29) is 5.91 Å². The standard InChI is InChI=1S/C17H20N4O3/c1-11(2)12-10-15(20-19-12)18-16(22)8-5-9-21-13-6-3-4-7-14(13)24-17(21)23/h3-4,6-7,10-11H,5,8-9H2,1-2H3,(H2,18,19,20,22). The van der Waals surface area contributed by atoms with E-state index in [9.17, 15) is 9.59 Å². The van der Waals surface area contributed by atoms with Gasteiger partial charge in [-0.25, -0.2) is 4.79 Å². The lowest BCUT2D eigenvalue weighted by molar-refractivity contribution is -0.116. The van der Waals surface area contributed by atoms with E-state index >= 15 is 0 Å². The fraction of sp³-hybridized carbons (Fsp3) is 0.353. The van der Waals surface area contributed by atoms with Gasteiger partial charge in [-0.2, -0.15) is 5.10 Å². The molecule has 0 spiro atoms. The van der Waals surface area contributed by atoms with Crippen molar-refractivity contribution in [2.24, 2.45) is 0 Å². The highest BCUT2D eigenvalue weighted by Gasteiger charge is 2.11. The van der Waals surface area contributed by atoms with Crippen molar-refractivity contribution in [3.8, 4) is 0 Å². The fourth-order valence-corrected chi connectivity index (χ4v) is 2.53. The van der Waals surface area contributed by atoms with Gasteiger partial charge < -0.3 is 9.73 Å². The van der Waals surface area contributed by atoms with Crippen LogP contribution in [-0.2, 0) is 11.3 Å². The van der Waals surface area contributed by atoms with Crippen LogP contribution in [0.15, 0.2) is 39.5 Å². The zero-order chi connectivity index (χ0) is 17.1. The third kappa shape index (κ3) is 3.40. The maximum atomic E-state index is 12.0. The molecule has 24 heavy (non-hydrogen) atoms. The minimum Gasteiger partial charge on any atom is -0.408 e. The first-order chi connectivity index (χ1) is 11.5. The van der Waals surface area contributed by atoms with Gasteiger partial charge in [-0.15, -0.1) is 0 Å². The molecular formula is C17H20N4O3. The van der Waals surface area contributed by atoms with Gasteiger partial charge in [0.25, 0.3) is 0 Å². The molecule has 0 unspecified atom stereocenters. The summed E-state index contributed by atoms with van der Waals surface area (Å²) in [5.74, 6) is 0.321. The number of nitrogens with zero attached hydrogens (tertiary/aromatic N) is 2. The van der Waals surface area contributed by atoms with Gasteiger partial charge in [0.1, 0.15) is 0 Å². The van der Waals surface area contributed by atoms with E-state index in [0.29, 0.717) is 36.7 Å². The number of fused-ring (bicyclic) bond motifs is 1. The lowest BCUT2D eigenvalue weighted by Gasteiger charge is -2.03. The Morgan fingerprint density at radius 2 is 2.17 bits per heavy atom. The monoisotopic (exact) mass is 328 g/mol. The number of aromatic nitrogens is 3. The zero-order valence-electron chi connectivity index (χ0n) is 13.7. The molecule has 2 N–H and O–H groups in total. The maximum absolute atomic E-state index is 12.0. The summed E-state index contributed by atoms with van der Waals surface area (Å²) in [6, 6.07) is 9.08. The molecule has 3 rings (SSSR count). The van der Waals surface area contributed by atoms with Crippen LogP contribution in [0.5, 0.6) is 0 Å². The molecule has 0 radical (unpaired) electrons. The number of nitrogens with one attached hydrogen (secondary N) is 2. The number of anilines is 1. The number of H-pyrrole nitrogens is 1. The summed E-state index contributed by atoms with van der Waals surface area (Å²) < 4.78 is 6.72. The average Bonchev–Trinajstić information content (AvgIpc) is 3.12. The molecule has 0 saturated carbocycles. The number of hydrogen-bond donors (Lipinski definition) is 2. The molecule has 2 aromatic heterocycles. The molecule has 0 aliphatic heterocycles. The number of aryl methyl sites for hydroxylation is 1. The number of benzene rings is 1. The third-order valence-corrected chi connectivity index (χ3v) is 3.85. The molecule has 0 atom stereocenters. The maximum Gasteiger partial charge on any atom is 0.419 e. The molecule has 0 saturated heterocycles. The molecule has 0 aliphatic carbocycles. The lowest BCUT2D eigenvalue weighted by atomic mass is 10.1. The van der Waals surface area contributed by atoms with Crippen LogP contribution < -0.4 is 11.1 Å². The Hall–Kier alpha value is -2.83. The van der Waals surface area contributed by atoms with Gasteiger partial charge in [0.05, 0.1) is 5.52 Å². The van der Waals surface area contributed by atoms with Crippen molar-refractivity contribution < 1.29 is 9.21 Å². The summed E-state index contributed by atoms with van der Waals surface area (Å²) in [4.78, 5) is 23.8. The molecule has 7 heteroatoms. The van der Waals surface area contributed by atoms with E-state index in [1.54, 1.807) is 10.6 Å². The van der Waals surface area contributed by atoms with Gasteiger partial charge >= 0.3 is 5.76 Å².